The predicted octanol–water partition coefficient (Wildman–Crippen LogP) is -0.257. The molecule has 1 fully saturated rings. The van der Waals surface area contributed by atoms with Gasteiger partial charge in [-0.2, -0.15) is 5.10 Å². The van der Waals surface area contributed by atoms with Crippen molar-refractivity contribution in [2.75, 3.05) is 13.1 Å². The van der Waals surface area contributed by atoms with Crippen LogP contribution in [0.2, 0.25) is 0 Å². The van der Waals surface area contributed by atoms with E-state index in [1.807, 2.05) is 0 Å². The summed E-state index contributed by atoms with van der Waals surface area (Å²) in [5.41, 5.74) is 6.56. The first kappa shape index (κ1) is 13.5. The summed E-state index contributed by atoms with van der Waals surface area (Å²) in [4.78, 5) is 24.8. The highest BCUT2D eigenvalue weighted by molar-refractivity contribution is 5.83. The Kier molecular flexibility index (Phi) is 3.84. The van der Waals surface area contributed by atoms with Crippen LogP contribution in [-0.2, 0) is 16.6 Å². The minimum absolute atomic E-state index is 0.237. The van der Waals surface area contributed by atoms with Crippen LogP contribution in [0.3, 0.4) is 0 Å². The summed E-state index contributed by atoms with van der Waals surface area (Å²) >= 11 is 0. The number of nitrogens with zero attached hydrogens (tertiary/aromatic N) is 3. The molecule has 1 amide bonds. The Bertz CT molecular complexity index is 485. The summed E-state index contributed by atoms with van der Waals surface area (Å²) in [6, 6.07) is -0.777. The Balaban J connectivity index is 2.04. The van der Waals surface area contributed by atoms with E-state index in [1.165, 1.54) is 0 Å². The smallest absolute Gasteiger partial charge is 0.308 e. The molecule has 3 N–H and O–H groups in total. The number of piperidine rings is 1. The highest BCUT2D eigenvalue weighted by Gasteiger charge is 2.31. The summed E-state index contributed by atoms with van der Waals surface area (Å²) in [6.45, 7) is 0.804. The van der Waals surface area contributed by atoms with Crippen molar-refractivity contribution in [3.63, 3.8) is 0 Å². The lowest BCUT2D eigenvalue weighted by Crippen LogP contribution is -2.46. The van der Waals surface area contributed by atoms with Crippen LogP contribution < -0.4 is 5.73 Å². The number of carboxylic acid groups (broad SMARTS) is 1. The largest absolute Gasteiger partial charge is 0.481 e. The number of likely N-dealkylation sites (tertiary alicyclic amines) is 1. The second-order valence-corrected chi connectivity index (χ2v) is 4.89. The molecule has 0 radical (unpaired) electrons. The van der Waals surface area contributed by atoms with E-state index in [2.05, 4.69) is 5.10 Å². The SMILES string of the molecule is Cn1cc(C(N)C(=O)N2CCCC(C(=O)O)C2)cn1. The van der Waals surface area contributed by atoms with Crippen molar-refractivity contribution in [3.05, 3.63) is 18.0 Å². The third-order valence-corrected chi connectivity index (χ3v) is 3.43. The van der Waals surface area contributed by atoms with Gasteiger partial charge in [0.15, 0.2) is 0 Å². The molecule has 0 aliphatic carbocycles. The molecule has 1 saturated heterocycles. The van der Waals surface area contributed by atoms with Gasteiger partial charge in [0.2, 0.25) is 5.91 Å². The van der Waals surface area contributed by atoms with Crippen LogP contribution in [0, 0.1) is 5.92 Å². The van der Waals surface area contributed by atoms with E-state index in [9.17, 15) is 9.59 Å². The number of carbonyl (C=O) groups is 2. The average molecular weight is 266 g/mol. The van der Waals surface area contributed by atoms with Gasteiger partial charge in [-0.15, -0.1) is 0 Å². The molecule has 7 heteroatoms. The lowest BCUT2D eigenvalue weighted by molar-refractivity contribution is -0.146. The molecular formula is C12H18N4O3. The molecule has 1 aromatic rings. The molecule has 0 saturated carbocycles. The zero-order valence-electron chi connectivity index (χ0n) is 10.8. The summed E-state index contributed by atoms with van der Waals surface area (Å²) in [5, 5.41) is 13.0. The monoisotopic (exact) mass is 266 g/mol. The van der Waals surface area contributed by atoms with Crippen LogP contribution >= 0.6 is 0 Å². The molecule has 1 aliphatic rings. The highest BCUT2D eigenvalue weighted by Crippen LogP contribution is 2.20. The van der Waals surface area contributed by atoms with Crippen molar-refractivity contribution in [3.8, 4) is 0 Å². The first-order valence-corrected chi connectivity index (χ1v) is 6.24. The van der Waals surface area contributed by atoms with Gasteiger partial charge in [-0.05, 0) is 12.8 Å². The van der Waals surface area contributed by atoms with Gasteiger partial charge < -0.3 is 15.7 Å². The van der Waals surface area contributed by atoms with Gasteiger partial charge in [-0.25, -0.2) is 0 Å². The molecule has 104 valence electrons. The number of aliphatic carboxylic acids is 1. The van der Waals surface area contributed by atoms with Crippen LogP contribution in [-0.4, -0.2) is 44.8 Å². The first-order chi connectivity index (χ1) is 8.99. The van der Waals surface area contributed by atoms with Gasteiger partial charge in [0, 0.05) is 31.9 Å². The minimum atomic E-state index is -0.854. The topological polar surface area (TPSA) is 101 Å². The molecule has 2 atom stereocenters. The molecule has 0 spiro atoms. The van der Waals surface area contributed by atoms with Crippen molar-refractivity contribution in [2.24, 2.45) is 18.7 Å². The number of hydrogen-bond donors (Lipinski definition) is 2. The number of rotatable bonds is 3. The molecule has 1 aromatic heterocycles. The number of carbonyl (C=O) groups excluding carboxylic acids is 1. The molecular weight excluding hydrogens is 248 g/mol. The summed E-state index contributed by atoms with van der Waals surface area (Å²) in [7, 11) is 1.75. The van der Waals surface area contributed by atoms with Crippen LogP contribution in [0.5, 0.6) is 0 Å². The average Bonchev–Trinajstić information content (AvgIpc) is 2.84. The van der Waals surface area contributed by atoms with Crippen LogP contribution in [0.25, 0.3) is 0 Å². The number of nitrogens with two attached hydrogens (primary N) is 1. The Morgan fingerprint density at radius 3 is 2.89 bits per heavy atom. The van der Waals surface area contributed by atoms with Gasteiger partial charge in [-0.3, -0.25) is 14.3 Å². The molecule has 1 aliphatic heterocycles. The fourth-order valence-electron chi connectivity index (χ4n) is 2.32. The third-order valence-electron chi connectivity index (χ3n) is 3.43. The van der Waals surface area contributed by atoms with E-state index in [-0.39, 0.29) is 12.5 Å². The second-order valence-electron chi connectivity index (χ2n) is 4.89. The van der Waals surface area contributed by atoms with Gasteiger partial charge >= 0.3 is 5.97 Å². The maximum absolute atomic E-state index is 12.2. The maximum atomic E-state index is 12.2. The van der Waals surface area contributed by atoms with E-state index in [1.54, 1.807) is 29.0 Å². The number of aryl methyl sites for hydroxylation is 1. The number of amides is 1. The second kappa shape index (κ2) is 5.40. The van der Waals surface area contributed by atoms with Crippen LogP contribution in [0.15, 0.2) is 12.4 Å². The van der Waals surface area contributed by atoms with Crippen LogP contribution in [0.1, 0.15) is 24.4 Å². The van der Waals surface area contributed by atoms with E-state index < -0.39 is 17.9 Å². The fraction of sp³-hybridized carbons (Fsp3) is 0.583. The zero-order chi connectivity index (χ0) is 14.0. The van der Waals surface area contributed by atoms with E-state index >= 15 is 0 Å². The van der Waals surface area contributed by atoms with Crippen molar-refractivity contribution < 1.29 is 14.7 Å². The minimum Gasteiger partial charge on any atom is -0.481 e. The molecule has 0 aromatic carbocycles. The Hall–Kier alpha value is -1.89. The van der Waals surface area contributed by atoms with Crippen molar-refractivity contribution >= 4 is 11.9 Å². The Morgan fingerprint density at radius 2 is 2.32 bits per heavy atom. The van der Waals surface area contributed by atoms with Crippen molar-refractivity contribution in [2.45, 2.75) is 18.9 Å². The quantitative estimate of drug-likeness (QED) is 0.785. The molecule has 7 nitrogen and oxygen atoms in total. The number of aromatic nitrogens is 2. The lowest BCUT2D eigenvalue weighted by Gasteiger charge is -2.32. The highest BCUT2D eigenvalue weighted by atomic mass is 16.4. The Morgan fingerprint density at radius 1 is 1.58 bits per heavy atom. The molecule has 2 rings (SSSR count). The van der Waals surface area contributed by atoms with Crippen molar-refractivity contribution in [1.82, 2.24) is 14.7 Å². The maximum Gasteiger partial charge on any atom is 0.308 e. The van der Waals surface area contributed by atoms with Crippen LogP contribution in [0.4, 0.5) is 0 Å². The molecule has 2 heterocycles. The van der Waals surface area contributed by atoms with Crippen molar-refractivity contribution in [1.29, 1.82) is 0 Å². The van der Waals surface area contributed by atoms with Gasteiger partial charge in [-0.1, -0.05) is 0 Å². The zero-order valence-corrected chi connectivity index (χ0v) is 10.8. The first-order valence-electron chi connectivity index (χ1n) is 6.24. The number of hydrogen-bond acceptors (Lipinski definition) is 4. The van der Waals surface area contributed by atoms with Gasteiger partial charge in [0.1, 0.15) is 6.04 Å². The fourth-order valence-corrected chi connectivity index (χ4v) is 2.32. The molecule has 0 bridgehead atoms. The van der Waals surface area contributed by atoms with E-state index in [0.717, 1.165) is 0 Å². The normalized spacial score (nSPS) is 21.2. The standard InChI is InChI=1S/C12H18N4O3/c1-15-6-9(5-14-15)10(13)11(17)16-4-2-3-8(7-16)12(18)19/h5-6,8,10H,2-4,7,13H2,1H3,(H,18,19). The molecule has 19 heavy (non-hydrogen) atoms. The molecule has 2 unspecified atom stereocenters. The summed E-state index contributed by atoms with van der Waals surface area (Å²) in [6.07, 6.45) is 4.56. The lowest BCUT2D eigenvalue weighted by atomic mass is 9.97. The third kappa shape index (κ3) is 2.93. The summed E-state index contributed by atoms with van der Waals surface area (Å²) in [5.74, 6) is -1.58. The Labute approximate surface area is 111 Å². The van der Waals surface area contributed by atoms with Gasteiger partial charge in [0.05, 0.1) is 12.1 Å². The van der Waals surface area contributed by atoms with E-state index in [0.29, 0.717) is 24.9 Å². The van der Waals surface area contributed by atoms with Gasteiger partial charge in [0.25, 0.3) is 0 Å². The van der Waals surface area contributed by atoms with E-state index in [4.69, 9.17) is 10.8 Å². The predicted molar refractivity (Wildman–Crippen MR) is 67.1 cm³/mol. The summed E-state index contributed by atoms with van der Waals surface area (Å²) < 4.78 is 1.58. The number of carboxylic acids is 1.